The van der Waals surface area contributed by atoms with Crippen molar-refractivity contribution >= 4 is 17.6 Å². The summed E-state index contributed by atoms with van der Waals surface area (Å²) in [7, 11) is 1.39. The average molecular weight is 466 g/mol. The number of nitro benzene ring substituents is 1. The van der Waals surface area contributed by atoms with Crippen LogP contribution >= 0.6 is 0 Å². The Labute approximate surface area is 195 Å². The monoisotopic (exact) mass is 466 g/mol. The number of nitro groups is 1. The number of rotatable bonds is 10. The minimum Gasteiger partial charge on any atom is -0.494 e. The normalized spacial score (nSPS) is 11.1. The molecule has 1 N–H and O–H groups in total. The predicted molar refractivity (Wildman–Crippen MR) is 129 cm³/mol. The van der Waals surface area contributed by atoms with E-state index in [0.29, 0.717) is 12.8 Å². The number of benzene rings is 2. The van der Waals surface area contributed by atoms with Crippen LogP contribution in [0.15, 0.2) is 63.1 Å². The molecule has 0 atom stereocenters. The molecule has 3 aromatic rings. The summed E-state index contributed by atoms with van der Waals surface area (Å²) in [5.41, 5.74) is -0.616. The molecule has 1 aromatic heterocycles. The molecule has 0 fully saturated rings. The maximum absolute atomic E-state index is 13.2. The fraction of sp³-hybridized carbons (Fsp3) is 0.292. The Hall–Kier alpha value is -4.21. The van der Waals surface area contributed by atoms with Gasteiger partial charge in [-0.25, -0.2) is 4.79 Å². The second kappa shape index (κ2) is 11.1. The summed E-state index contributed by atoms with van der Waals surface area (Å²) in [6.07, 6.45) is 2.97. The molecule has 0 radical (unpaired) electrons. The van der Waals surface area contributed by atoms with Crippen LogP contribution in [0.1, 0.15) is 30.9 Å². The summed E-state index contributed by atoms with van der Waals surface area (Å²) >= 11 is 0. The molecule has 2 aromatic carbocycles. The van der Waals surface area contributed by atoms with Gasteiger partial charge < -0.3 is 9.84 Å². The summed E-state index contributed by atoms with van der Waals surface area (Å²) in [4.78, 5) is 40.9. The molecule has 0 amide bonds. The number of unbranched alkanes of at least 4 members (excludes halogenated alkanes) is 1. The molecule has 0 aliphatic heterocycles. The van der Waals surface area contributed by atoms with Gasteiger partial charge in [0.25, 0.3) is 11.2 Å². The summed E-state index contributed by atoms with van der Waals surface area (Å²) < 4.78 is 7.43. The van der Waals surface area contributed by atoms with E-state index in [4.69, 9.17) is 4.74 Å². The van der Waals surface area contributed by atoms with Crippen molar-refractivity contribution in [2.45, 2.75) is 39.3 Å². The topological polar surface area (TPSA) is 129 Å². The van der Waals surface area contributed by atoms with Gasteiger partial charge in [0, 0.05) is 31.4 Å². The molecule has 0 unspecified atom stereocenters. The fourth-order valence-electron chi connectivity index (χ4n) is 3.45. The van der Waals surface area contributed by atoms with Crippen LogP contribution < -0.4 is 16.0 Å². The van der Waals surface area contributed by atoms with Crippen LogP contribution in [0, 0.1) is 10.1 Å². The van der Waals surface area contributed by atoms with Crippen molar-refractivity contribution in [2.24, 2.45) is 4.99 Å². The third kappa shape index (κ3) is 5.40. The first kappa shape index (κ1) is 24.4. The van der Waals surface area contributed by atoms with Gasteiger partial charge in [0.1, 0.15) is 17.0 Å². The number of non-ortho nitro benzene ring substituents is 1. The Morgan fingerprint density at radius 2 is 1.85 bits per heavy atom. The number of aromatic nitrogens is 2. The highest BCUT2D eigenvalue weighted by Crippen LogP contribution is 2.31. The number of methoxy groups -OCH3 is 1. The Kier molecular flexibility index (Phi) is 7.96. The maximum atomic E-state index is 13.2. The van der Waals surface area contributed by atoms with Crippen molar-refractivity contribution in [1.29, 1.82) is 0 Å². The highest BCUT2D eigenvalue weighted by molar-refractivity contribution is 5.85. The minimum atomic E-state index is -0.695. The number of aliphatic imine (C=N–C) groups is 1. The molecular formula is C24H26N4O6. The Balaban J connectivity index is 2.09. The van der Waals surface area contributed by atoms with Crippen molar-refractivity contribution in [3.8, 4) is 11.6 Å². The molecular weight excluding hydrogens is 440 g/mol. The number of nitrogens with zero attached hydrogens (tertiary/aromatic N) is 4. The third-order valence-electron chi connectivity index (χ3n) is 5.34. The lowest BCUT2D eigenvalue weighted by molar-refractivity contribution is -0.384. The first-order chi connectivity index (χ1) is 16.4. The van der Waals surface area contributed by atoms with Gasteiger partial charge in [-0.2, -0.15) is 0 Å². The molecule has 0 aliphatic rings. The van der Waals surface area contributed by atoms with E-state index >= 15 is 0 Å². The molecule has 1 heterocycles. The van der Waals surface area contributed by atoms with E-state index in [0.717, 1.165) is 27.3 Å². The number of aromatic hydroxyl groups is 1. The SMILES string of the molecule is CCCCn1c(O)c(C=Nc2cc([N+](=O)[O-])ccc2OC)c(=O)n(CCc2ccccc2)c1=O. The second-order valence-corrected chi connectivity index (χ2v) is 7.59. The molecule has 0 bridgehead atoms. The highest BCUT2D eigenvalue weighted by atomic mass is 16.6. The molecule has 0 aliphatic carbocycles. The van der Waals surface area contributed by atoms with E-state index in [9.17, 15) is 24.8 Å². The van der Waals surface area contributed by atoms with Gasteiger partial charge in [-0.3, -0.25) is 29.0 Å². The van der Waals surface area contributed by atoms with Gasteiger partial charge in [-0.05, 0) is 24.5 Å². The maximum Gasteiger partial charge on any atom is 0.333 e. The lowest BCUT2D eigenvalue weighted by atomic mass is 10.1. The predicted octanol–water partition coefficient (Wildman–Crippen LogP) is 3.43. The van der Waals surface area contributed by atoms with Crippen molar-refractivity contribution in [1.82, 2.24) is 9.13 Å². The zero-order valence-electron chi connectivity index (χ0n) is 19.0. The van der Waals surface area contributed by atoms with Crippen molar-refractivity contribution in [3.05, 3.63) is 90.6 Å². The number of ether oxygens (including phenoxy) is 1. The number of hydrogen-bond acceptors (Lipinski definition) is 7. The minimum absolute atomic E-state index is 0.109. The van der Waals surface area contributed by atoms with E-state index in [1.807, 2.05) is 37.3 Å². The van der Waals surface area contributed by atoms with Gasteiger partial charge >= 0.3 is 5.69 Å². The largest absolute Gasteiger partial charge is 0.494 e. The Morgan fingerprint density at radius 1 is 1.12 bits per heavy atom. The van der Waals surface area contributed by atoms with E-state index in [1.54, 1.807) is 0 Å². The average Bonchev–Trinajstić information content (AvgIpc) is 2.84. The van der Waals surface area contributed by atoms with E-state index in [-0.39, 0.29) is 35.8 Å². The molecule has 0 saturated heterocycles. The molecule has 3 rings (SSSR count). The fourth-order valence-corrected chi connectivity index (χ4v) is 3.45. The zero-order valence-corrected chi connectivity index (χ0v) is 19.0. The first-order valence-electron chi connectivity index (χ1n) is 10.8. The van der Waals surface area contributed by atoms with Crippen LogP contribution in [0.25, 0.3) is 0 Å². The van der Waals surface area contributed by atoms with Gasteiger partial charge in [0.2, 0.25) is 5.88 Å². The van der Waals surface area contributed by atoms with Crippen LogP contribution in [0.4, 0.5) is 11.4 Å². The second-order valence-electron chi connectivity index (χ2n) is 7.59. The lowest BCUT2D eigenvalue weighted by Crippen LogP contribution is -2.42. The van der Waals surface area contributed by atoms with Gasteiger partial charge in [-0.1, -0.05) is 43.7 Å². The highest BCUT2D eigenvalue weighted by Gasteiger charge is 2.18. The summed E-state index contributed by atoms with van der Waals surface area (Å²) in [6.45, 7) is 2.30. The first-order valence-corrected chi connectivity index (χ1v) is 10.8. The van der Waals surface area contributed by atoms with Gasteiger partial charge in [0.15, 0.2) is 0 Å². The zero-order chi connectivity index (χ0) is 24.7. The van der Waals surface area contributed by atoms with Crippen LogP contribution in [-0.2, 0) is 19.5 Å². The van der Waals surface area contributed by atoms with Crippen molar-refractivity contribution < 1.29 is 14.8 Å². The third-order valence-corrected chi connectivity index (χ3v) is 5.34. The van der Waals surface area contributed by atoms with Gasteiger partial charge in [0.05, 0.1) is 12.0 Å². The Bertz CT molecular complexity index is 1310. The van der Waals surface area contributed by atoms with E-state index in [2.05, 4.69) is 4.99 Å². The van der Waals surface area contributed by atoms with Crippen molar-refractivity contribution in [2.75, 3.05) is 7.11 Å². The smallest absolute Gasteiger partial charge is 0.333 e. The number of hydrogen-bond donors (Lipinski definition) is 1. The van der Waals surface area contributed by atoms with Crippen LogP contribution in [0.5, 0.6) is 11.6 Å². The van der Waals surface area contributed by atoms with E-state index < -0.39 is 22.1 Å². The Morgan fingerprint density at radius 3 is 2.50 bits per heavy atom. The lowest BCUT2D eigenvalue weighted by Gasteiger charge is -2.14. The molecule has 10 heteroatoms. The molecule has 178 valence electrons. The van der Waals surface area contributed by atoms with Crippen LogP contribution in [0.2, 0.25) is 0 Å². The van der Waals surface area contributed by atoms with E-state index in [1.165, 1.54) is 25.3 Å². The van der Waals surface area contributed by atoms with Crippen LogP contribution in [0.3, 0.4) is 0 Å². The molecule has 0 spiro atoms. The van der Waals surface area contributed by atoms with Crippen molar-refractivity contribution in [3.63, 3.8) is 0 Å². The van der Waals surface area contributed by atoms with Crippen LogP contribution in [-0.4, -0.2) is 32.5 Å². The standard InChI is InChI=1S/C24H26N4O6/c1-3-4-13-26-22(29)19(16-25-20-15-18(28(32)33)10-11-21(20)34-2)23(30)27(24(26)31)14-12-17-8-6-5-7-9-17/h5-11,15-16,29H,3-4,12-14H2,1-2H3. The quantitative estimate of drug-likeness (QED) is 0.277. The number of aryl methyl sites for hydroxylation is 1. The summed E-state index contributed by atoms with van der Waals surface area (Å²) in [6, 6.07) is 13.3. The molecule has 34 heavy (non-hydrogen) atoms. The molecule has 10 nitrogen and oxygen atoms in total. The summed E-state index contributed by atoms with van der Waals surface area (Å²) in [5.74, 6) is -0.238. The van der Waals surface area contributed by atoms with Gasteiger partial charge in [-0.15, -0.1) is 0 Å². The summed E-state index contributed by atoms with van der Waals surface area (Å²) in [5, 5.41) is 21.9. The molecule has 0 saturated carbocycles.